The second-order valence-corrected chi connectivity index (χ2v) is 4.26. The van der Waals surface area contributed by atoms with E-state index in [-0.39, 0.29) is 0 Å². The van der Waals surface area contributed by atoms with Crippen molar-refractivity contribution in [3.8, 4) is 0 Å². The molecule has 14 heavy (non-hydrogen) atoms. The Balaban J connectivity index is 2.12. The molecule has 2 heteroatoms. The smallest absolute Gasteiger partial charge is 0.107 e. The van der Waals surface area contributed by atoms with Gasteiger partial charge in [-0.25, -0.2) is 0 Å². The molecular formula is C12H19NO. The average Bonchev–Trinajstić information content (AvgIpc) is 2.63. The summed E-state index contributed by atoms with van der Waals surface area (Å²) >= 11 is 0. The lowest BCUT2D eigenvalue weighted by molar-refractivity contribution is 0.347. The summed E-state index contributed by atoms with van der Waals surface area (Å²) in [6.45, 7) is 0.797. The summed E-state index contributed by atoms with van der Waals surface area (Å²) in [5.41, 5.74) is 5.83. The van der Waals surface area contributed by atoms with E-state index in [1.54, 1.807) is 6.26 Å². The van der Waals surface area contributed by atoms with Crippen molar-refractivity contribution in [3.63, 3.8) is 0 Å². The van der Waals surface area contributed by atoms with Crippen LogP contribution < -0.4 is 5.73 Å². The van der Waals surface area contributed by atoms with Crippen molar-refractivity contribution in [2.45, 2.75) is 38.0 Å². The van der Waals surface area contributed by atoms with Gasteiger partial charge in [0.2, 0.25) is 0 Å². The van der Waals surface area contributed by atoms with Crippen LogP contribution in [-0.4, -0.2) is 6.54 Å². The number of hydrogen-bond acceptors (Lipinski definition) is 2. The van der Waals surface area contributed by atoms with Gasteiger partial charge in [0.1, 0.15) is 5.76 Å². The fourth-order valence-electron chi connectivity index (χ4n) is 2.54. The summed E-state index contributed by atoms with van der Waals surface area (Å²) in [5, 5.41) is 0. The molecule has 0 amide bonds. The third-order valence-electron chi connectivity index (χ3n) is 3.37. The van der Waals surface area contributed by atoms with Crippen molar-refractivity contribution in [1.29, 1.82) is 0 Å². The molecule has 0 radical (unpaired) electrons. The van der Waals surface area contributed by atoms with E-state index in [1.165, 1.54) is 32.1 Å². The molecule has 0 aliphatic heterocycles. The van der Waals surface area contributed by atoms with E-state index in [0.29, 0.717) is 11.8 Å². The van der Waals surface area contributed by atoms with Crippen LogP contribution in [0.1, 0.15) is 43.8 Å². The highest BCUT2D eigenvalue weighted by molar-refractivity contribution is 5.07. The Hall–Kier alpha value is -0.760. The van der Waals surface area contributed by atoms with Gasteiger partial charge in [0.15, 0.2) is 0 Å². The molecule has 2 rings (SSSR count). The number of nitrogens with two attached hydrogens (primary N) is 1. The molecule has 1 aliphatic carbocycles. The van der Waals surface area contributed by atoms with Crippen LogP contribution >= 0.6 is 0 Å². The molecule has 2 unspecified atom stereocenters. The van der Waals surface area contributed by atoms with E-state index >= 15 is 0 Å². The van der Waals surface area contributed by atoms with E-state index in [4.69, 9.17) is 10.2 Å². The minimum Gasteiger partial charge on any atom is -0.469 e. The molecule has 0 aromatic carbocycles. The van der Waals surface area contributed by atoms with Crippen LogP contribution in [0.2, 0.25) is 0 Å². The van der Waals surface area contributed by atoms with Crippen molar-refractivity contribution >= 4 is 0 Å². The van der Waals surface area contributed by atoms with Crippen molar-refractivity contribution in [1.82, 2.24) is 0 Å². The SMILES string of the molecule is NCC1CCCCCC1c1ccco1. The minimum absolute atomic E-state index is 0.567. The van der Waals surface area contributed by atoms with Crippen LogP contribution in [0.15, 0.2) is 22.8 Å². The van der Waals surface area contributed by atoms with Gasteiger partial charge in [-0.15, -0.1) is 0 Å². The highest BCUT2D eigenvalue weighted by Gasteiger charge is 2.25. The zero-order chi connectivity index (χ0) is 9.80. The third-order valence-corrected chi connectivity index (χ3v) is 3.37. The maximum Gasteiger partial charge on any atom is 0.107 e. The van der Waals surface area contributed by atoms with Crippen LogP contribution in [0, 0.1) is 5.92 Å². The topological polar surface area (TPSA) is 39.2 Å². The van der Waals surface area contributed by atoms with Crippen LogP contribution in [0.3, 0.4) is 0 Å². The molecular weight excluding hydrogens is 174 g/mol. The Morgan fingerprint density at radius 2 is 2.14 bits per heavy atom. The molecule has 2 nitrogen and oxygen atoms in total. The fourth-order valence-corrected chi connectivity index (χ4v) is 2.54. The first-order chi connectivity index (χ1) is 6.92. The number of rotatable bonds is 2. The van der Waals surface area contributed by atoms with Gasteiger partial charge in [-0.2, -0.15) is 0 Å². The quantitative estimate of drug-likeness (QED) is 0.733. The molecule has 0 spiro atoms. The van der Waals surface area contributed by atoms with Gasteiger partial charge in [0.25, 0.3) is 0 Å². The average molecular weight is 193 g/mol. The van der Waals surface area contributed by atoms with Crippen LogP contribution in [-0.2, 0) is 0 Å². The molecule has 0 saturated heterocycles. The largest absolute Gasteiger partial charge is 0.469 e. The molecule has 1 fully saturated rings. The van der Waals surface area contributed by atoms with Gasteiger partial charge in [0.05, 0.1) is 6.26 Å². The molecule has 0 bridgehead atoms. The maximum absolute atomic E-state index is 5.83. The Labute approximate surface area is 85.5 Å². The van der Waals surface area contributed by atoms with Crippen molar-refractivity contribution in [2.75, 3.05) is 6.54 Å². The highest BCUT2D eigenvalue weighted by atomic mass is 16.3. The summed E-state index contributed by atoms with van der Waals surface area (Å²) in [6, 6.07) is 4.08. The third kappa shape index (κ3) is 2.01. The fraction of sp³-hybridized carbons (Fsp3) is 0.667. The predicted molar refractivity (Wildman–Crippen MR) is 57.1 cm³/mol. The van der Waals surface area contributed by atoms with E-state index in [0.717, 1.165) is 12.3 Å². The van der Waals surface area contributed by atoms with Crippen molar-refractivity contribution in [2.24, 2.45) is 11.7 Å². The van der Waals surface area contributed by atoms with Crippen LogP contribution in [0.4, 0.5) is 0 Å². The Morgan fingerprint density at radius 1 is 1.29 bits per heavy atom. The molecule has 1 saturated carbocycles. The first-order valence-electron chi connectivity index (χ1n) is 5.65. The molecule has 1 aromatic rings. The molecule has 2 N–H and O–H groups in total. The summed E-state index contributed by atoms with van der Waals surface area (Å²) in [6.07, 6.45) is 8.29. The lowest BCUT2D eigenvalue weighted by Gasteiger charge is -2.21. The van der Waals surface area contributed by atoms with Gasteiger partial charge in [-0.3, -0.25) is 0 Å². The zero-order valence-electron chi connectivity index (χ0n) is 8.61. The van der Waals surface area contributed by atoms with Crippen LogP contribution in [0.5, 0.6) is 0 Å². The molecule has 1 aromatic heterocycles. The van der Waals surface area contributed by atoms with Gasteiger partial charge in [-0.05, 0) is 37.4 Å². The van der Waals surface area contributed by atoms with E-state index in [2.05, 4.69) is 6.07 Å². The lowest BCUT2D eigenvalue weighted by Crippen LogP contribution is -2.20. The van der Waals surface area contributed by atoms with Gasteiger partial charge >= 0.3 is 0 Å². The van der Waals surface area contributed by atoms with E-state index in [9.17, 15) is 0 Å². The Kier molecular flexibility index (Phi) is 3.25. The van der Waals surface area contributed by atoms with Crippen LogP contribution in [0.25, 0.3) is 0 Å². The summed E-state index contributed by atoms with van der Waals surface area (Å²) in [5.74, 6) is 2.34. The van der Waals surface area contributed by atoms with Crippen molar-refractivity contribution in [3.05, 3.63) is 24.2 Å². The summed E-state index contributed by atoms with van der Waals surface area (Å²) in [4.78, 5) is 0. The van der Waals surface area contributed by atoms with Gasteiger partial charge < -0.3 is 10.2 Å². The predicted octanol–water partition coefficient (Wildman–Crippen LogP) is 2.90. The Morgan fingerprint density at radius 3 is 2.86 bits per heavy atom. The second kappa shape index (κ2) is 4.65. The first-order valence-corrected chi connectivity index (χ1v) is 5.65. The number of hydrogen-bond donors (Lipinski definition) is 1. The Bertz CT molecular complexity index is 255. The summed E-state index contributed by atoms with van der Waals surface area (Å²) in [7, 11) is 0. The normalized spacial score (nSPS) is 28.6. The number of furan rings is 1. The first kappa shape index (κ1) is 9.78. The van der Waals surface area contributed by atoms with Crippen molar-refractivity contribution < 1.29 is 4.42 Å². The molecule has 78 valence electrons. The van der Waals surface area contributed by atoms with E-state index in [1.807, 2.05) is 6.07 Å². The standard InChI is InChI=1S/C12H19NO/c13-9-10-5-2-1-3-6-11(10)12-7-4-8-14-12/h4,7-8,10-11H,1-3,5-6,9,13H2. The lowest BCUT2D eigenvalue weighted by atomic mass is 9.86. The minimum atomic E-state index is 0.567. The highest BCUT2D eigenvalue weighted by Crippen LogP contribution is 2.35. The molecule has 2 atom stereocenters. The van der Waals surface area contributed by atoms with Gasteiger partial charge in [0, 0.05) is 5.92 Å². The van der Waals surface area contributed by atoms with Gasteiger partial charge in [-0.1, -0.05) is 19.3 Å². The van der Waals surface area contributed by atoms with E-state index < -0.39 is 0 Å². The summed E-state index contributed by atoms with van der Waals surface area (Å²) < 4.78 is 5.51. The molecule has 1 heterocycles. The zero-order valence-corrected chi connectivity index (χ0v) is 8.61. The monoisotopic (exact) mass is 193 g/mol. The molecule has 1 aliphatic rings. The maximum atomic E-state index is 5.83. The second-order valence-electron chi connectivity index (χ2n) is 4.26.